The third-order valence-electron chi connectivity index (χ3n) is 11.3. The summed E-state index contributed by atoms with van der Waals surface area (Å²) in [7, 11) is 0. The zero-order valence-electron chi connectivity index (χ0n) is 43.4. The second kappa shape index (κ2) is 54.7. The van der Waals surface area contributed by atoms with Crippen LogP contribution in [0.2, 0.25) is 0 Å². The van der Waals surface area contributed by atoms with Crippen LogP contribution in [0.4, 0.5) is 0 Å². The summed E-state index contributed by atoms with van der Waals surface area (Å²) in [4.78, 5) is 38.1. The van der Waals surface area contributed by atoms with Crippen molar-refractivity contribution in [3.63, 3.8) is 0 Å². The van der Waals surface area contributed by atoms with Crippen molar-refractivity contribution in [1.29, 1.82) is 0 Å². The topological polar surface area (TPSA) is 78.9 Å². The van der Waals surface area contributed by atoms with Gasteiger partial charge in [-0.1, -0.05) is 226 Å². The van der Waals surface area contributed by atoms with Crippen molar-refractivity contribution in [2.75, 3.05) is 13.2 Å². The molecule has 0 aromatic carbocycles. The lowest BCUT2D eigenvalue weighted by Crippen LogP contribution is -2.30. The van der Waals surface area contributed by atoms with E-state index in [1.165, 1.54) is 89.9 Å². The minimum atomic E-state index is -0.804. The van der Waals surface area contributed by atoms with Gasteiger partial charge >= 0.3 is 17.9 Å². The number of rotatable bonds is 48. The summed E-state index contributed by atoms with van der Waals surface area (Å²) in [6.45, 7) is 6.33. The van der Waals surface area contributed by atoms with E-state index in [4.69, 9.17) is 14.2 Å². The normalized spacial score (nSPS) is 12.9. The molecular weight excluding hydrogens is 829 g/mol. The zero-order chi connectivity index (χ0) is 48.6. The van der Waals surface area contributed by atoms with Crippen molar-refractivity contribution in [3.8, 4) is 0 Å². The van der Waals surface area contributed by atoms with Gasteiger partial charge in [-0.25, -0.2) is 0 Å². The molecule has 1 atom stereocenters. The molecule has 0 saturated carbocycles. The van der Waals surface area contributed by atoms with Gasteiger partial charge in [0.25, 0.3) is 0 Å². The van der Waals surface area contributed by atoms with E-state index in [-0.39, 0.29) is 31.1 Å². The molecule has 6 nitrogen and oxygen atoms in total. The number of esters is 3. The Balaban J connectivity index is 4.46. The molecule has 1 unspecified atom stereocenters. The van der Waals surface area contributed by atoms with Crippen molar-refractivity contribution < 1.29 is 28.6 Å². The van der Waals surface area contributed by atoms with E-state index in [9.17, 15) is 14.4 Å². The van der Waals surface area contributed by atoms with Crippen molar-refractivity contribution in [2.24, 2.45) is 0 Å². The Kier molecular flexibility index (Phi) is 51.5. The predicted octanol–water partition coefficient (Wildman–Crippen LogP) is 18.3. The highest BCUT2D eigenvalue weighted by Gasteiger charge is 2.19. The Labute approximate surface area is 412 Å². The lowest BCUT2D eigenvalue weighted by atomic mass is 10.1. The van der Waals surface area contributed by atoms with Crippen LogP contribution in [-0.4, -0.2) is 37.2 Å². The zero-order valence-corrected chi connectivity index (χ0v) is 43.4. The summed E-state index contributed by atoms with van der Waals surface area (Å²) in [5.74, 6) is -0.961. The molecule has 0 aromatic rings. The Bertz CT molecular complexity index is 1390. The molecule has 0 bridgehead atoms. The van der Waals surface area contributed by atoms with E-state index in [0.717, 1.165) is 109 Å². The summed E-state index contributed by atoms with van der Waals surface area (Å²) < 4.78 is 16.8. The van der Waals surface area contributed by atoms with Crippen LogP contribution in [0.1, 0.15) is 239 Å². The Hall–Kier alpha value is -3.93. The number of carbonyl (C=O) groups is 3. The number of carbonyl (C=O) groups excluding carboxylic acids is 3. The largest absolute Gasteiger partial charge is 0.462 e. The van der Waals surface area contributed by atoms with E-state index in [2.05, 4.69) is 93.7 Å². The molecule has 67 heavy (non-hydrogen) atoms. The highest BCUT2D eigenvalue weighted by molar-refractivity contribution is 5.71. The molecule has 0 amide bonds. The maximum Gasteiger partial charge on any atom is 0.306 e. The van der Waals surface area contributed by atoms with Gasteiger partial charge < -0.3 is 14.2 Å². The molecule has 0 heterocycles. The van der Waals surface area contributed by atoms with Crippen LogP contribution in [0.5, 0.6) is 0 Å². The number of hydrogen-bond donors (Lipinski definition) is 0. The van der Waals surface area contributed by atoms with E-state index >= 15 is 0 Å². The summed E-state index contributed by atoms with van der Waals surface area (Å²) in [5, 5.41) is 0. The quantitative estimate of drug-likeness (QED) is 0.0199. The van der Waals surface area contributed by atoms with Gasteiger partial charge in [-0.05, 0) is 103 Å². The van der Waals surface area contributed by atoms with Crippen LogP contribution in [0.15, 0.2) is 109 Å². The van der Waals surface area contributed by atoms with Crippen molar-refractivity contribution in [2.45, 2.75) is 245 Å². The summed E-state index contributed by atoms with van der Waals surface area (Å²) in [6.07, 6.45) is 73.6. The van der Waals surface area contributed by atoms with Gasteiger partial charge in [0.05, 0.1) is 0 Å². The van der Waals surface area contributed by atoms with Crippen LogP contribution in [-0.2, 0) is 28.6 Å². The van der Waals surface area contributed by atoms with Gasteiger partial charge in [-0.2, -0.15) is 0 Å². The van der Waals surface area contributed by atoms with Crippen molar-refractivity contribution in [3.05, 3.63) is 109 Å². The average Bonchev–Trinajstić information content (AvgIpc) is 3.33. The van der Waals surface area contributed by atoms with Crippen molar-refractivity contribution >= 4 is 17.9 Å². The summed E-state index contributed by atoms with van der Waals surface area (Å²) in [5.41, 5.74) is 0. The molecule has 0 rings (SSSR count). The van der Waals surface area contributed by atoms with Gasteiger partial charge in [-0.15, -0.1) is 0 Å². The number of hydrogen-bond acceptors (Lipinski definition) is 6. The molecule has 0 radical (unpaired) electrons. The molecule has 0 N–H and O–H groups in total. The Morgan fingerprint density at radius 1 is 0.328 bits per heavy atom. The lowest BCUT2D eigenvalue weighted by Gasteiger charge is -2.18. The molecular formula is C61H100O6. The monoisotopic (exact) mass is 929 g/mol. The van der Waals surface area contributed by atoms with Gasteiger partial charge in [-0.3, -0.25) is 14.4 Å². The van der Waals surface area contributed by atoms with E-state index in [1.807, 2.05) is 36.5 Å². The second-order valence-corrected chi connectivity index (χ2v) is 17.8. The van der Waals surface area contributed by atoms with Gasteiger partial charge in [0.1, 0.15) is 13.2 Å². The Morgan fingerprint density at radius 3 is 1.12 bits per heavy atom. The molecule has 0 aliphatic rings. The standard InChI is InChI=1S/C61H100O6/c1-4-7-10-13-16-19-22-25-27-29-30-32-33-36-39-42-45-48-51-54-60(63)66-57-58(56-65-59(62)53-50-47-44-41-38-35-24-21-18-15-12-9-6-3)67-61(64)55-52-49-46-43-40-37-34-31-28-26-23-20-17-14-11-8-5-2/h7,9-10,12,15-16,18-19,21,24-28,30,32,35,38,58H,4-6,8,11,13-14,17,20,22-23,29,31,33-34,36-37,39-57H2,1-3H3/b10-7-,12-9-,18-15-,19-16-,24-21-,27-25-,28-26-,32-30-,38-35-. The fraction of sp³-hybridized carbons (Fsp3) is 0.656. The fourth-order valence-corrected chi connectivity index (χ4v) is 7.26. The third-order valence-corrected chi connectivity index (χ3v) is 11.3. The van der Waals surface area contributed by atoms with E-state index in [0.29, 0.717) is 19.3 Å². The number of unbranched alkanes of at least 4 members (excludes halogenated alkanes) is 22. The second-order valence-electron chi connectivity index (χ2n) is 17.8. The molecule has 0 fully saturated rings. The predicted molar refractivity (Wildman–Crippen MR) is 288 cm³/mol. The average molecular weight is 929 g/mol. The van der Waals surface area contributed by atoms with Crippen molar-refractivity contribution in [1.82, 2.24) is 0 Å². The van der Waals surface area contributed by atoms with Crippen LogP contribution in [0, 0.1) is 0 Å². The molecule has 0 spiro atoms. The van der Waals surface area contributed by atoms with Crippen LogP contribution in [0.25, 0.3) is 0 Å². The molecule has 0 saturated heterocycles. The number of ether oxygens (including phenoxy) is 3. The van der Waals surface area contributed by atoms with E-state index in [1.54, 1.807) is 0 Å². The maximum absolute atomic E-state index is 12.8. The number of allylic oxidation sites excluding steroid dienone is 18. The summed E-state index contributed by atoms with van der Waals surface area (Å²) >= 11 is 0. The summed E-state index contributed by atoms with van der Waals surface area (Å²) in [6, 6.07) is 0. The Morgan fingerprint density at radius 2 is 0.657 bits per heavy atom. The van der Waals surface area contributed by atoms with Crippen LogP contribution in [0.3, 0.4) is 0 Å². The minimum absolute atomic E-state index is 0.102. The van der Waals surface area contributed by atoms with Gasteiger partial charge in [0.15, 0.2) is 6.10 Å². The molecule has 6 heteroatoms. The van der Waals surface area contributed by atoms with Gasteiger partial charge in [0, 0.05) is 19.3 Å². The molecule has 0 aliphatic carbocycles. The molecule has 380 valence electrons. The molecule has 0 aliphatic heterocycles. The first kappa shape index (κ1) is 63.1. The van der Waals surface area contributed by atoms with E-state index < -0.39 is 6.10 Å². The van der Waals surface area contributed by atoms with Crippen LogP contribution < -0.4 is 0 Å². The third kappa shape index (κ3) is 52.9. The van der Waals surface area contributed by atoms with Gasteiger partial charge in [0.2, 0.25) is 0 Å². The SMILES string of the molecule is CC\C=C/C=C\C=C/C=C\CCCCCC(=O)OCC(COC(=O)CCCCCCCC/C=C\C/C=C\C/C=C\C/C=C\CC)OC(=O)CCCCCCCCC/C=C\CCCCCCCC. The lowest BCUT2D eigenvalue weighted by molar-refractivity contribution is -0.167. The smallest absolute Gasteiger partial charge is 0.306 e. The first-order valence-corrected chi connectivity index (χ1v) is 27.4. The first-order chi connectivity index (χ1) is 33.0. The first-order valence-electron chi connectivity index (χ1n) is 27.4. The minimum Gasteiger partial charge on any atom is -0.462 e. The molecule has 0 aromatic heterocycles. The maximum atomic E-state index is 12.8. The highest BCUT2D eigenvalue weighted by Crippen LogP contribution is 2.14. The van der Waals surface area contributed by atoms with Crippen LogP contribution >= 0.6 is 0 Å². The highest BCUT2D eigenvalue weighted by atomic mass is 16.6. The fourth-order valence-electron chi connectivity index (χ4n) is 7.26.